The van der Waals surface area contributed by atoms with E-state index in [1.54, 1.807) is 11.8 Å². The lowest BCUT2D eigenvalue weighted by molar-refractivity contribution is -0.115. The first-order valence-electron chi connectivity index (χ1n) is 5.95. The summed E-state index contributed by atoms with van der Waals surface area (Å²) in [7, 11) is 1.92. The second-order valence-electron chi connectivity index (χ2n) is 4.22. The number of hydrogen-bond donors (Lipinski definition) is 2. The van der Waals surface area contributed by atoms with Gasteiger partial charge in [0.2, 0.25) is 5.91 Å². The van der Waals surface area contributed by atoms with Gasteiger partial charge in [-0.15, -0.1) is 11.8 Å². The Morgan fingerprint density at radius 2 is 2.18 bits per heavy atom. The lowest BCUT2D eigenvalue weighted by Gasteiger charge is -2.10. The van der Waals surface area contributed by atoms with E-state index in [1.807, 2.05) is 31.3 Å². The molecule has 1 heterocycles. The fraction of sp³-hybridized carbons (Fsp3) is 0.462. The molecule has 0 aromatic heterocycles. The van der Waals surface area contributed by atoms with Crippen molar-refractivity contribution in [3.05, 3.63) is 29.8 Å². The van der Waals surface area contributed by atoms with E-state index >= 15 is 0 Å². The van der Waals surface area contributed by atoms with Gasteiger partial charge in [0, 0.05) is 12.2 Å². The van der Waals surface area contributed by atoms with Crippen LogP contribution in [0, 0.1) is 0 Å². The summed E-state index contributed by atoms with van der Waals surface area (Å²) in [4.78, 5) is 11.9. The molecule has 0 saturated carbocycles. The van der Waals surface area contributed by atoms with Crippen LogP contribution in [0.3, 0.4) is 0 Å². The number of carbonyl (C=O) groups excluding carboxylic acids is 1. The van der Waals surface area contributed by atoms with Crippen LogP contribution in [-0.2, 0) is 11.3 Å². The monoisotopic (exact) mass is 250 g/mol. The number of anilines is 1. The maximum Gasteiger partial charge on any atom is 0.237 e. The van der Waals surface area contributed by atoms with E-state index in [0.29, 0.717) is 0 Å². The van der Waals surface area contributed by atoms with Gasteiger partial charge in [-0.1, -0.05) is 12.1 Å². The molecule has 1 aliphatic heterocycles. The van der Waals surface area contributed by atoms with Gasteiger partial charge in [0.05, 0.1) is 5.25 Å². The van der Waals surface area contributed by atoms with E-state index in [0.717, 1.165) is 30.8 Å². The van der Waals surface area contributed by atoms with Gasteiger partial charge < -0.3 is 10.6 Å². The number of amides is 1. The maximum atomic E-state index is 11.9. The lowest BCUT2D eigenvalue weighted by Crippen LogP contribution is -2.22. The highest BCUT2D eigenvalue weighted by Crippen LogP contribution is 2.27. The van der Waals surface area contributed by atoms with Crippen molar-refractivity contribution in [1.29, 1.82) is 0 Å². The molecule has 1 unspecified atom stereocenters. The summed E-state index contributed by atoms with van der Waals surface area (Å²) in [6.07, 6.45) is 2.16. The molecule has 0 radical (unpaired) electrons. The van der Waals surface area contributed by atoms with Gasteiger partial charge in [0.1, 0.15) is 0 Å². The first-order chi connectivity index (χ1) is 8.29. The van der Waals surface area contributed by atoms with Gasteiger partial charge in [0.15, 0.2) is 0 Å². The summed E-state index contributed by atoms with van der Waals surface area (Å²) in [5.74, 6) is 1.26. The van der Waals surface area contributed by atoms with Crippen molar-refractivity contribution in [3.8, 4) is 0 Å². The number of thioether (sulfide) groups is 1. The number of rotatable bonds is 4. The molecule has 92 valence electrons. The molecule has 1 amide bonds. The fourth-order valence-corrected chi connectivity index (χ4v) is 3.08. The molecule has 1 aromatic rings. The molecule has 4 heteroatoms. The Hall–Kier alpha value is -1.00. The van der Waals surface area contributed by atoms with Crippen LogP contribution in [0.2, 0.25) is 0 Å². The highest BCUT2D eigenvalue weighted by atomic mass is 32.2. The van der Waals surface area contributed by atoms with Crippen LogP contribution < -0.4 is 10.6 Å². The van der Waals surface area contributed by atoms with E-state index < -0.39 is 0 Å². The van der Waals surface area contributed by atoms with Crippen molar-refractivity contribution < 1.29 is 4.79 Å². The molecular formula is C13H18N2OS. The zero-order valence-electron chi connectivity index (χ0n) is 10.0. The quantitative estimate of drug-likeness (QED) is 0.861. The number of carbonyl (C=O) groups is 1. The fourth-order valence-electron chi connectivity index (χ4n) is 1.92. The highest BCUT2D eigenvalue weighted by Gasteiger charge is 2.23. The summed E-state index contributed by atoms with van der Waals surface area (Å²) >= 11 is 1.76. The third kappa shape index (κ3) is 3.48. The highest BCUT2D eigenvalue weighted by molar-refractivity contribution is 8.00. The van der Waals surface area contributed by atoms with Crippen molar-refractivity contribution in [2.45, 2.75) is 24.6 Å². The normalized spacial score (nSPS) is 19.2. The molecular weight excluding hydrogens is 232 g/mol. The standard InChI is InChI=1S/C13H18N2OS/c1-14-9-10-4-6-11(7-5-10)15-13(16)12-3-2-8-17-12/h4-7,12,14H,2-3,8-9H2,1H3,(H,15,16). The number of hydrogen-bond acceptors (Lipinski definition) is 3. The SMILES string of the molecule is CNCc1ccc(NC(=O)C2CCCS2)cc1. The zero-order valence-corrected chi connectivity index (χ0v) is 10.8. The average Bonchev–Trinajstić information content (AvgIpc) is 2.86. The Labute approximate surface area is 106 Å². The van der Waals surface area contributed by atoms with Gasteiger partial charge in [-0.3, -0.25) is 4.79 Å². The van der Waals surface area contributed by atoms with Gasteiger partial charge in [-0.05, 0) is 43.3 Å². The van der Waals surface area contributed by atoms with Crippen LogP contribution in [0.25, 0.3) is 0 Å². The number of benzene rings is 1. The smallest absolute Gasteiger partial charge is 0.237 e. The summed E-state index contributed by atoms with van der Waals surface area (Å²) in [5, 5.41) is 6.22. The van der Waals surface area contributed by atoms with Gasteiger partial charge in [0.25, 0.3) is 0 Å². The molecule has 2 N–H and O–H groups in total. The molecule has 1 fully saturated rings. The second kappa shape index (κ2) is 6.07. The van der Waals surface area contributed by atoms with Crippen molar-refractivity contribution in [3.63, 3.8) is 0 Å². The Bertz CT molecular complexity index is 372. The zero-order chi connectivity index (χ0) is 12.1. The van der Waals surface area contributed by atoms with E-state index in [-0.39, 0.29) is 11.2 Å². The summed E-state index contributed by atoms with van der Waals surface area (Å²) in [5.41, 5.74) is 2.11. The second-order valence-corrected chi connectivity index (χ2v) is 5.53. The molecule has 0 bridgehead atoms. The minimum atomic E-state index is 0.145. The van der Waals surface area contributed by atoms with Crippen LogP contribution in [-0.4, -0.2) is 24.0 Å². The minimum absolute atomic E-state index is 0.145. The van der Waals surface area contributed by atoms with E-state index in [9.17, 15) is 4.79 Å². The van der Waals surface area contributed by atoms with Crippen molar-refractivity contribution in [2.75, 3.05) is 18.1 Å². The van der Waals surface area contributed by atoms with Crippen molar-refractivity contribution >= 4 is 23.4 Å². The first-order valence-corrected chi connectivity index (χ1v) is 7.00. The summed E-state index contributed by atoms with van der Waals surface area (Å²) < 4.78 is 0. The van der Waals surface area contributed by atoms with Gasteiger partial charge in [-0.25, -0.2) is 0 Å². The van der Waals surface area contributed by atoms with E-state index in [2.05, 4.69) is 10.6 Å². The molecule has 0 spiro atoms. The Morgan fingerprint density at radius 3 is 2.76 bits per heavy atom. The minimum Gasteiger partial charge on any atom is -0.325 e. The van der Waals surface area contributed by atoms with Crippen LogP contribution in [0.1, 0.15) is 18.4 Å². The largest absolute Gasteiger partial charge is 0.325 e. The van der Waals surface area contributed by atoms with Crippen LogP contribution in [0.4, 0.5) is 5.69 Å². The van der Waals surface area contributed by atoms with E-state index in [1.165, 1.54) is 5.56 Å². The molecule has 0 aliphatic carbocycles. The molecule has 3 nitrogen and oxygen atoms in total. The first kappa shape index (κ1) is 12.5. The molecule has 1 atom stereocenters. The van der Waals surface area contributed by atoms with Gasteiger partial charge in [-0.2, -0.15) is 0 Å². The van der Waals surface area contributed by atoms with E-state index in [4.69, 9.17) is 0 Å². The Morgan fingerprint density at radius 1 is 1.41 bits per heavy atom. The molecule has 1 saturated heterocycles. The van der Waals surface area contributed by atoms with Crippen LogP contribution in [0.15, 0.2) is 24.3 Å². The molecule has 1 aromatic carbocycles. The summed E-state index contributed by atoms with van der Waals surface area (Å²) in [6, 6.07) is 8.00. The summed E-state index contributed by atoms with van der Waals surface area (Å²) in [6.45, 7) is 0.854. The predicted octanol–water partition coefficient (Wildman–Crippen LogP) is 2.24. The van der Waals surface area contributed by atoms with Gasteiger partial charge >= 0.3 is 0 Å². The van der Waals surface area contributed by atoms with Crippen LogP contribution in [0.5, 0.6) is 0 Å². The topological polar surface area (TPSA) is 41.1 Å². The maximum absolute atomic E-state index is 11.9. The Kier molecular flexibility index (Phi) is 4.45. The van der Waals surface area contributed by atoms with Crippen molar-refractivity contribution in [2.24, 2.45) is 0 Å². The predicted molar refractivity (Wildman–Crippen MR) is 73.3 cm³/mol. The van der Waals surface area contributed by atoms with Crippen molar-refractivity contribution in [1.82, 2.24) is 5.32 Å². The molecule has 2 rings (SSSR count). The third-order valence-corrected chi connectivity index (χ3v) is 4.20. The third-order valence-electron chi connectivity index (χ3n) is 2.82. The molecule has 1 aliphatic rings. The van der Waals surface area contributed by atoms with Crippen LogP contribution >= 0.6 is 11.8 Å². The Balaban J connectivity index is 1.91. The molecule has 17 heavy (non-hydrogen) atoms. The lowest BCUT2D eigenvalue weighted by atomic mass is 10.2. The number of nitrogens with one attached hydrogen (secondary N) is 2. The average molecular weight is 250 g/mol.